The fourth-order valence-corrected chi connectivity index (χ4v) is 8.25. The first-order chi connectivity index (χ1) is 28.2. The second kappa shape index (κ2) is 13.3. The molecule has 6 heteroatoms. The lowest BCUT2D eigenvalue weighted by Crippen LogP contribution is -2.02. The van der Waals surface area contributed by atoms with Crippen LogP contribution in [0.3, 0.4) is 0 Å². The van der Waals surface area contributed by atoms with Crippen molar-refractivity contribution in [3.8, 4) is 56.7 Å². The Bertz CT molecular complexity index is 3220. The standard InChI is InChI=1S/C51H32FN5/c52-46-38(33-15-4-1-5-16-33)23-14-26-45(46)57-44-25-13-11-22-40(44)42-32-31-41-39-21-10-12-24-43(39)56(47(41)48(42)57)37-29-27-36(28-30-37)51-54-49(34-17-6-2-7-18-34)53-50(55-51)35-19-8-3-9-20-35/h1-32H. The summed E-state index contributed by atoms with van der Waals surface area (Å²) in [4.78, 5) is 14.8. The zero-order valence-corrected chi connectivity index (χ0v) is 30.6. The summed E-state index contributed by atoms with van der Waals surface area (Å²) >= 11 is 0. The summed E-state index contributed by atoms with van der Waals surface area (Å²) in [7, 11) is 0. The third-order valence-corrected chi connectivity index (χ3v) is 10.9. The van der Waals surface area contributed by atoms with Crippen molar-refractivity contribution >= 4 is 43.6 Å². The molecular weight excluding hydrogens is 702 g/mol. The highest BCUT2D eigenvalue weighted by atomic mass is 19.1. The monoisotopic (exact) mass is 733 g/mol. The number of halogens is 1. The van der Waals surface area contributed by atoms with Crippen molar-refractivity contribution in [2.24, 2.45) is 0 Å². The topological polar surface area (TPSA) is 48.5 Å². The van der Waals surface area contributed by atoms with E-state index in [9.17, 15) is 0 Å². The predicted octanol–water partition coefficient (Wildman–Crippen LogP) is 12.9. The van der Waals surface area contributed by atoms with Gasteiger partial charge in [-0.15, -0.1) is 0 Å². The molecule has 0 radical (unpaired) electrons. The van der Waals surface area contributed by atoms with Crippen LogP contribution in [0.1, 0.15) is 0 Å². The largest absolute Gasteiger partial charge is 0.307 e. The van der Waals surface area contributed by atoms with E-state index in [0.29, 0.717) is 28.7 Å². The minimum atomic E-state index is -0.266. The highest BCUT2D eigenvalue weighted by Crippen LogP contribution is 2.43. The second-order valence-electron chi connectivity index (χ2n) is 14.2. The molecule has 0 saturated heterocycles. The summed E-state index contributed by atoms with van der Waals surface area (Å²) in [5.41, 5.74) is 9.51. The Morgan fingerprint density at radius 3 is 1.32 bits per heavy atom. The summed E-state index contributed by atoms with van der Waals surface area (Å²) in [6.45, 7) is 0. The van der Waals surface area contributed by atoms with Crippen molar-refractivity contribution < 1.29 is 4.39 Å². The van der Waals surface area contributed by atoms with E-state index in [1.165, 1.54) is 0 Å². The molecule has 3 heterocycles. The average molecular weight is 734 g/mol. The first-order valence-corrected chi connectivity index (χ1v) is 19.0. The highest BCUT2D eigenvalue weighted by Gasteiger charge is 2.23. The summed E-state index contributed by atoms with van der Waals surface area (Å²) < 4.78 is 21.5. The van der Waals surface area contributed by atoms with Gasteiger partial charge in [0.15, 0.2) is 23.3 Å². The molecule has 0 saturated carbocycles. The fourth-order valence-electron chi connectivity index (χ4n) is 8.25. The molecule has 0 atom stereocenters. The van der Waals surface area contributed by atoms with E-state index in [4.69, 9.17) is 15.0 Å². The molecule has 11 rings (SSSR count). The van der Waals surface area contributed by atoms with E-state index in [0.717, 1.165) is 71.6 Å². The summed E-state index contributed by atoms with van der Waals surface area (Å²) in [6.07, 6.45) is 0. The lowest BCUT2D eigenvalue weighted by molar-refractivity contribution is 0.624. The molecule has 8 aromatic carbocycles. The maximum atomic E-state index is 17.0. The molecule has 0 spiro atoms. The molecule has 11 aromatic rings. The van der Waals surface area contributed by atoms with E-state index < -0.39 is 0 Å². The molecule has 0 aliphatic rings. The second-order valence-corrected chi connectivity index (χ2v) is 14.2. The molecule has 0 amide bonds. The molecule has 0 unspecified atom stereocenters. The Kier molecular flexibility index (Phi) is 7.60. The van der Waals surface area contributed by atoms with Crippen LogP contribution in [0.5, 0.6) is 0 Å². The molecule has 0 aliphatic carbocycles. The molecule has 0 fully saturated rings. The number of fused-ring (bicyclic) bond motifs is 7. The van der Waals surface area contributed by atoms with Gasteiger partial charge < -0.3 is 9.13 Å². The number of benzene rings is 8. The van der Waals surface area contributed by atoms with Gasteiger partial charge in [0.2, 0.25) is 0 Å². The third kappa shape index (κ3) is 5.34. The van der Waals surface area contributed by atoms with E-state index in [2.05, 4.69) is 88.0 Å². The van der Waals surface area contributed by atoms with Gasteiger partial charge in [-0.05, 0) is 48.0 Å². The summed E-state index contributed by atoms with van der Waals surface area (Å²) in [5, 5.41) is 4.31. The van der Waals surface area contributed by atoms with Gasteiger partial charge in [0.1, 0.15) is 0 Å². The van der Waals surface area contributed by atoms with E-state index in [1.54, 1.807) is 0 Å². The van der Waals surface area contributed by atoms with Gasteiger partial charge in [-0.3, -0.25) is 0 Å². The Hall–Kier alpha value is -7.70. The van der Waals surface area contributed by atoms with Crippen LogP contribution < -0.4 is 0 Å². The van der Waals surface area contributed by atoms with Crippen LogP contribution >= 0.6 is 0 Å². The molecule has 57 heavy (non-hydrogen) atoms. The van der Waals surface area contributed by atoms with Crippen LogP contribution in [0.25, 0.3) is 100 Å². The summed E-state index contributed by atoms with van der Waals surface area (Å²) in [6, 6.07) is 65.0. The van der Waals surface area contributed by atoms with Crippen molar-refractivity contribution in [3.63, 3.8) is 0 Å². The zero-order chi connectivity index (χ0) is 37.9. The van der Waals surface area contributed by atoms with Gasteiger partial charge in [0.05, 0.1) is 27.8 Å². The molecule has 0 aliphatic heterocycles. The van der Waals surface area contributed by atoms with Crippen LogP contribution in [0, 0.1) is 5.82 Å². The van der Waals surface area contributed by atoms with Gasteiger partial charge in [-0.1, -0.05) is 152 Å². The Morgan fingerprint density at radius 1 is 0.333 bits per heavy atom. The molecule has 3 aromatic heterocycles. The molecule has 0 bridgehead atoms. The van der Waals surface area contributed by atoms with Crippen molar-refractivity contribution in [2.75, 3.05) is 0 Å². The van der Waals surface area contributed by atoms with Gasteiger partial charge in [0.25, 0.3) is 0 Å². The zero-order valence-electron chi connectivity index (χ0n) is 30.6. The average Bonchev–Trinajstić information content (AvgIpc) is 3.80. The van der Waals surface area contributed by atoms with Crippen molar-refractivity contribution in [2.45, 2.75) is 0 Å². The molecule has 5 nitrogen and oxygen atoms in total. The third-order valence-electron chi connectivity index (χ3n) is 10.9. The van der Waals surface area contributed by atoms with Crippen LogP contribution in [0.2, 0.25) is 0 Å². The predicted molar refractivity (Wildman–Crippen MR) is 230 cm³/mol. The molecule has 268 valence electrons. The number of hydrogen-bond acceptors (Lipinski definition) is 3. The van der Waals surface area contributed by atoms with Gasteiger partial charge >= 0.3 is 0 Å². The molecular formula is C51H32FN5. The number of aromatic nitrogens is 5. The van der Waals surface area contributed by atoms with E-state index >= 15 is 4.39 Å². The van der Waals surface area contributed by atoms with Gasteiger partial charge in [-0.2, -0.15) is 0 Å². The minimum Gasteiger partial charge on any atom is -0.307 e. The highest BCUT2D eigenvalue weighted by molar-refractivity contribution is 6.23. The quantitative estimate of drug-likeness (QED) is 0.171. The SMILES string of the molecule is Fc1c(-c2ccccc2)cccc1-n1c2ccccc2c2ccc3c4ccccc4n(-c4ccc(-c5nc(-c6ccccc6)nc(-c6ccccc6)n5)cc4)c3c21. The van der Waals surface area contributed by atoms with Crippen molar-refractivity contribution in [3.05, 3.63) is 200 Å². The normalized spacial score (nSPS) is 11.6. The number of hydrogen-bond donors (Lipinski definition) is 0. The van der Waals surface area contributed by atoms with Crippen molar-refractivity contribution in [1.29, 1.82) is 0 Å². The smallest absolute Gasteiger partial charge is 0.164 e. The lowest BCUT2D eigenvalue weighted by Gasteiger charge is -2.15. The number of rotatable bonds is 6. The molecule has 0 N–H and O–H groups in total. The number of para-hydroxylation sites is 2. The first kappa shape index (κ1) is 32.7. The van der Waals surface area contributed by atoms with Gasteiger partial charge in [0, 0.05) is 49.5 Å². The van der Waals surface area contributed by atoms with Gasteiger partial charge in [-0.25, -0.2) is 19.3 Å². The minimum absolute atomic E-state index is 0.266. The fraction of sp³-hybridized carbons (Fsp3) is 0. The number of nitrogens with zero attached hydrogens (tertiary/aromatic N) is 5. The Balaban J connectivity index is 1.15. The van der Waals surface area contributed by atoms with Crippen molar-refractivity contribution in [1.82, 2.24) is 24.1 Å². The maximum Gasteiger partial charge on any atom is 0.164 e. The van der Waals surface area contributed by atoms with Crippen LogP contribution in [0.15, 0.2) is 194 Å². The Labute approximate surface area is 327 Å². The summed E-state index contributed by atoms with van der Waals surface area (Å²) in [5.74, 6) is 1.56. The van der Waals surface area contributed by atoms with Crippen LogP contribution in [-0.4, -0.2) is 24.1 Å². The van der Waals surface area contributed by atoms with E-state index in [-0.39, 0.29) is 5.82 Å². The van der Waals surface area contributed by atoms with Crippen LogP contribution in [0.4, 0.5) is 4.39 Å². The lowest BCUT2D eigenvalue weighted by atomic mass is 10.0. The van der Waals surface area contributed by atoms with Crippen LogP contribution in [-0.2, 0) is 0 Å². The maximum absolute atomic E-state index is 17.0. The Morgan fingerprint density at radius 2 is 0.772 bits per heavy atom. The van der Waals surface area contributed by atoms with E-state index in [1.807, 2.05) is 115 Å². The first-order valence-electron chi connectivity index (χ1n) is 19.0.